The van der Waals surface area contributed by atoms with Gasteiger partial charge in [0.05, 0.1) is 11.7 Å². The Bertz CT molecular complexity index is 756. The molecule has 7 nitrogen and oxygen atoms in total. The Labute approximate surface area is 140 Å². The number of hydrogen-bond donors (Lipinski definition) is 2. The second kappa shape index (κ2) is 5.51. The molecule has 0 bridgehead atoms. The van der Waals surface area contributed by atoms with Gasteiger partial charge in [-0.1, -0.05) is 0 Å². The van der Waals surface area contributed by atoms with Gasteiger partial charge in [-0.2, -0.15) is 5.10 Å². The van der Waals surface area contributed by atoms with Gasteiger partial charge in [0, 0.05) is 44.9 Å². The summed E-state index contributed by atoms with van der Waals surface area (Å²) in [5, 5.41) is 7.45. The number of aromatic amines is 1. The summed E-state index contributed by atoms with van der Waals surface area (Å²) >= 11 is 0. The van der Waals surface area contributed by atoms with Crippen molar-refractivity contribution in [3.8, 4) is 0 Å². The van der Waals surface area contributed by atoms with Crippen molar-refractivity contribution in [3.05, 3.63) is 42.0 Å². The van der Waals surface area contributed by atoms with Gasteiger partial charge in [0.1, 0.15) is 5.69 Å². The summed E-state index contributed by atoms with van der Waals surface area (Å²) < 4.78 is 1.77. The molecule has 2 N–H and O–H groups in total. The highest BCUT2D eigenvalue weighted by atomic mass is 16.2. The van der Waals surface area contributed by atoms with Gasteiger partial charge < -0.3 is 15.2 Å². The van der Waals surface area contributed by atoms with Crippen molar-refractivity contribution >= 4 is 11.8 Å². The van der Waals surface area contributed by atoms with Gasteiger partial charge in [-0.3, -0.25) is 14.3 Å². The van der Waals surface area contributed by atoms with E-state index in [1.165, 1.54) is 0 Å². The number of aryl methyl sites for hydroxylation is 1. The van der Waals surface area contributed by atoms with Crippen LogP contribution in [0.4, 0.5) is 0 Å². The predicted octanol–water partition coefficient (Wildman–Crippen LogP) is 1.03. The molecular formula is C17H21N5O2. The van der Waals surface area contributed by atoms with E-state index in [4.69, 9.17) is 0 Å². The number of piperidine rings is 1. The zero-order chi connectivity index (χ0) is 16.7. The Morgan fingerprint density at radius 3 is 2.79 bits per heavy atom. The molecule has 2 aliphatic rings. The van der Waals surface area contributed by atoms with Crippen molar-refractivity contribution in [1.82, 2.24) is 25.0 Å². The minimum absolute atomic E-state index is 0.0251. The molecular weight excluding hydrogens is 306 g/mol. The number of nitrogens with one attached hydrogen (secondary N) is 2. The molecule has 7 heteroatoms. The molecule has 2 aromatic rings. The van der Waals surface area contributed by atoms with Crippen LogP contribution in [-0.4, -0.2) is 50.1 Å². The van der Waals surface area contributed by atoms with Crippen molar-refractivity contribution in [2.24, 2.45) is 7.05 Å². The smallest absolute Gasteiger partial charge is 0.270 e. The number of rotatable bonds is 2. The van der Waals surface area contributed by atoms with Gasteiger partial charge in [-0.25, -0.2) is 0 Å². The predicted molar refractivity (Wildman–Crippen MR) is 87.4 cm³/mol. The molecule has 2 aliphatic heterocycles. The lowest BCUT2D eigenvalue weighted by molar-refractivity contribution is -0.120. The van der Waals surface area contributed by atoms with Crippen molar-refractivity contribution in [2.75, 3.05) is 13.1 Å². The van der Waals surface area contributed by atoms with Crippen LogP contribution in [0.1, 0.15) is 41.2 Å². The maximum atomic E-state index is 12.5. The van der Waals surface area contributed by atoms with E-state index in [2.05, 4.69) is 15.4 Å². The van der Waals surface area contributed by atoms with Crippen LogP contribution in [-0.2, 0) is 11.8 Å². The number of carbonyl (C=O) groups is 2. The molecule has 0 saturated carbocycles. The average Bonchev–Trinajstić information content (AvgIpc) is 3.28. The highest BCUT2D eigenvalue weighted by Gasteiger charge is 2.49. The van der Waals surface area contributed by atoms with E-state index in [0.717, 1.165) is 18.4 Å². The van der Waals surface area contributed by atoms with Crippen LogP contribution >= 0.6 is 0 Å². The molecule has 2 amide bonds. The van der Waals surface area contributed by atoms with E-state index < -0.39 is 0 Å². The maximum absolute atomic E-state index is 12.5. The number of likely N-dealkylation sites (tertiary alicyclic amines) is 1. The third-order valence-corrected chi connectivity index (χ3v) is 5.34. The largest absolute Gasteiger partial charge is 0.357 e. The lowest BCUT2D eigenvalue weighted by Crippen LogP contribution is -2.54. The Kier molecular flexibility index (Phi) is 3.44. The normalized spacial score (nSPS) is 22.8. The number of nitrogens with zero attached hydrogens (tertiary/aromatic N) is 3. The summed E-state index contributed by atoms with van der Waals surface area (Å²) in [6.07, 6.45) is 7.63. The van der Waals surface area contributed by atoms with Gasteiger partial charge in [-0.05, 0) is 30.5 Å². The molecule has 4 rings (SSSR count). The van der Waals surface area contributed by atoms with Crippen molar-refractivity contribution in [3.63, 3.8) is 0 Å². The summed E-state index contributed by atoms with van der Waals surface area (Å²) in [6, 6.07) is 3.62. The fraction of sp³-hybridized carbons (Fsp3) is 0.471. The van der Waals surface area contributed by atoms with Gasteiger partial charge in [-0.15, -0.1) is 0 Å². The highest BCUT2D eigenvalue weighted by molar-refractivity contribution is 5.92. The summed E-state index contributed by atoms with van der Waals surface area (Å²) in [5.74, 6) is 0.242. The van der Waals surface area contributed by atoms with Crippen LogP contribution in [0, 0.1) is 0 Å². The third kappa shape index (κ3) is 2.40. The van der Waals surface area contributed by atoms with Crippen molar-refractivity contribution < 1.29 is 9.59 Å². The molecule has 0 radical (unpaired) electrons. The number of carbonyl (C=O) groups excluding carboxylic acids is 2. The van der Waals surface area contributed by atoms with E-state index in [1.807, 2.05) is 30.4 Å². The quantitative estimate of drug-likeness (QED) is 0.864. The molecule has 4 heterocycles. The molecule has 1 atom stereocenters. The van der Waals surface area contributed by atoms with Gasteiger partial charge in [0.2, 0.25) is 5.91 Å². The summed E-state index contributed by atoms with van der Waals surface area (Å²) in [4.78, 5) is 29.4. The topological polar surface area (TPSA) is 83.0 Å². The Balaban J connectivity index is 1.52. The molecule has 126 valence electrons. The Morgan fingerprint density at radius 1 is 1.38 bits per heavy atom. The molecule has 2 aromatic heterocycles. The van der Waals surface area contributed by atoms with Crippen LogP contribution in [0.2, 0.25) is 0 Å². The zero-order valence-corrected chi connectivity index (χ0v) is 13.7. The first-order chi connectivity index (χ1) is 11.6. The van der Waals surface area contributed by atoms with E-state index in [9.17, 15) is 9.59 Å². The monoisotopic (exact) mass is 327 g/mol. The van der Waals surface area contributed by atoms with Gasteiger partial charge >= 0.3 is 0 Å². The molecule has 0 aliphatic carbocycles. The van der Waals surface area contributed by atoms with Crippen LogP contribution in [0.3, 0.4) is 0 Å². The number of aromatic nitrogens is 3. The fourth-order valence-corrected chi connectivity index (χ4v) is 4.07. The van der Waals surface area contributed by atoms with E-state index in [0.29, 0.717) is 25.2 Å². The summed E-state index contributed by atoms with van der Waals surface area (Å²) in [7, 11) is 1.89. The molecule has 24 heavy (non-hydrogen) atoms. The Morgan fingerprint density at radius 2 is 2.17 bits per heavy atom. The third-order valence-electron chi connectivity index (χ3n) is 5.34. The minimum atomic E-state index is -0.257. The lowest BCUT2D eigenvalue weighted by atomic mass is 9.75. The standard InChI is InChI=1S/C17H21N5O2/c1-21-11-12(10-19-21)13-9-15(23)20-17(13)4-7-22(8-5-17)16(24)14-3-2-6-18-14/h2-3,6,10-11,13,18H,4-5,7-9H2,1H3,(H,20,23). The second-order valence-electron chi connectivity index (χ2n) is 6.78. The van der Waals surface area contributed by atoms with E-state index in [-0.39, 0.29) is 23.3 Å². The number of hydrogen-bond acceptors (Lipinski definition) is 3. The zero-order valence-electron chi connectivity index (χ0n) is 13.7. The SMILES string of the molecule is Cn1cc(C2CC(=O)NC23CCN(C(=O)c2ccc[nH]2)CC3)cn1. The maximum Gasteiger partial charge on any atom is 0.270 e. The molecule has 1 spiro atoms. The van der Waals surface area contributed by atoms with Crippen LogP contribution in [0.25, 0.3) is 0 Å². The van der Waals surface area contributed by atoms with E-state index in [1.54, 1.807) is 16.9 Å². The van der Waals surface area contributed by atoms with Crippen molar-refractivity contribution in [1.29, 1.82) is 0 Å². The van der Waals surface area contributed by atoms with E-state index >= 15 is 0 Å². The highest BCUT2D eigenvalue weighted by Crippen LogP contribution is 2.43. The second-order valence-corrected chi connectivity index (χ2v) is 6.78. The first-order valence-electron chi connectivity index (χ1n) is 8.30. The Hall–Kier alpha value is -2.57. The van der Waals surface area contributed by atoms with Gasteiger partial charge in [0.15, 0.2) is 0 Å². The van der Waals surface area contributed by atoms with Crippen LogP contribution in [0.15, 0.2) is 30.7 Å². The average molecular weight is 327 g/mol. The van der Waals surface area contributed by atoms with Gasteiger partial charge in [0.25, 0.3) is 5.91 Å². The number of amides is 2. The van der Waals surface area contributed by atoms with Crippen LogP contribution in [0.5, 0.6) is 0 Å². The molecule has 2 fully saturated rings. The first-order valence-corrected chi connectivity index (χ1v) is 8.30. The minimum Gasteiger partial charge on any atom is -0.357 e. The molecule has 1 unspecified atom stereocenters. The molecule has 2 saturated heterocycles. The molecule has 0 aromatic carbocycles. The summed E-state index contributed by atoms with van der Waals surface area (Å²) in [6.45, 7) is 1.30. The summed E-state index contributed by atoms with van der Waals surface area (Å²) in [5.41, 5.74) is 1.46. The first kappa shape index (κ1) is 15.0. The fourth-order valence-electron chi connectivity index (χ4n) is 4.07. The van der Waals surface area contributed by atoms with Crippen LogP contribution < -0.4 is 5.32 Å². The number of H-pyrrole nitrogens is 1. The lowest BCUT2D eigenvalue weighted by Gasteiger charge is -2.42. The van der Waals surface area contributed by atoms with Crippen molar-refractivity contribution in [2.45, 2.75) is 30.7 Å².